The van der Waals surface area contributed by atoms with Crippen LogP contribution in [0.5, 0.6) is 0 Å². The zero-order valence-electron chi connectivity index (χ0n) is 18.3. The van der Waals surface area contributed by atoms with Crippen LogP contribution in [0.15, 0.2) is 0 Å². The Labute approximate surface area is 173 Å². The Morgan fingerprint density at radius 3 is 2.22 bits per heavy atom. The van der Waals surface area contributed by atoms with Crippen molar-refractivity contribution in [3.05, 3.63) is 0 Å². The number of carbonyl (C=O) groups is 1. The lowest BCUT2D eigenvalue weighted by molar-refractivity contribution is -0.111. The topological polar surface area (TPSA) is 48.0 Å². The molecule has 0 aliphatic heterocycles. The van der Waals surface area contributed by atoms with Crippen molar-refractivity contribution in [3.63, 3.8) is 0 Å². The smallest absolute Gasteiger partial charge is 0.376 e. The summed E-state index contributed by atoms with van der Waals surface area (Å²) >= 11 is 1.49. The minimum Gasteiger partial charge on any atom is -0.376 e. The second kappa shape index (κ2) is 19.4. The highest BCUT2D eigenvalue weighted by Gasteiger charge is 2.20. The van der Waals surface area contributed by atoms with Crippen molar-refractivity contribution in [2.75, 3.05) is 39.6 Å². The van der Waals surface area contributed by atoms with Crippen LogP contribution in [0.1, 0.15) is 78.6 Å². The molecule has 162 valence electrons. The summed E-state index contributed by atoms with van der Waals surface area (Å²) in [5.74, 6) is 0.880. The van der Waals surface area contributed by atoms with E-state index in [4.69, 9.17) is 13.3 Å². The number of unbranched alkanes of at least 4 members (excludes halogenated alkanes) is 4. The summed E-state index contributed by atoms with van der Waals surface area (Å²) in [6, 6.07) is 0. The minimum atomic E-state index is -2.04. The van der Waals surface area contributed by atoms with Crippen molar-refractivity contribution in [3.8, 4) is 0 Å². The first-order valence-electron chi connectivity index (χ1n) is 10.7. The fourth-order valence-electron chi connectivity index (χ4n) is 2.68. The van der Waals surface area contributed by atoms with Gasteiger partial charge in [0, 0.05) is 25.4 Å². The van der Waals surface area contributed by atoms with Crippen molar-refractivity contribution in [2.24, 2.45) is 0 Å². The highest BCUT2D eigenvalue weighted by Crippen LogP contribution is 2.16. The molecule has 0 aliphatic rings. The van der Waals surface area contributed by atoms with Crippen molar-refractivity contribution >= 4 is 26.4 Å². The molecule has 0 bridgehead atoms. The van der Waals surface area contributed by atoms with E-state index in [-0.39, 0.29) is 6.10 Å². The largest absolute Gasteiger partial charge is 0.484 e. The van der Waals surface area contributed by atoms with E-state index in [0.29, 0.717) is 18.3 Å². The SMILES string of the molecule is CCCCCCCC(=O)SCCCC(CCN(C)C)O[SiH](OCC)OCC. The van der Waals surface area contributed by atoms with Crippen LogP contribution in [0, 0.1) is 0 Å². The predicted molar refractivity (Wildman–Crippen MR) is 119 cm³/mol. The quantitative estimate of drug-likeness (QED) is 0.226. The summed E-state index contributed by atoms with van der Waals surface area (Å²) in [5, 5.41) is 0.341. The molecule has 1 atom stereocenters. The number of hydrogen-bond donors (Lipinski definition) is 0. The van der Waals surface area contributed by atoms with Gasteiger partial charge in [0.05, 0.1) is 6.10 Å². The molecule has 0 radical (unpaired) electrons. The zero-order valence-corrected chi connectivity index (χ0v) is 20.3. The Morgan fingerprint density at radius 1 is 0.963 bits per heavy atom. The van der Waals surface area contributed by atoms with E-state index >= 15 is 0 Å². The van der Waals surface area contributed by atoms with Gasteiger partial charge in [0.2, 0.25) is 0 Å². The molecule has 0 heterocycles. The zero-order chi connectivity index (χ0) is 20.3. The number of rotatable bonds is 19. The number of hydrogen-bond acceptors (Lipinski definition) is 6. The summed E-state index contributed by atoms with van der Waals surface area (Å²) in [6.07, 6.45) is 9.77. The average molecular weight is 422 g/mol. The molecule has 0 aromatic heterocycles. The molecule has 0 aromatic rings. The van der Waals surface area contributed by atoms with Crippen LogP contribution < -0.4 is 0 Å². The molecule has 0 amide bonds. The fraction of sp³-hybridized carbons (Fsp3) is 0.950. The predicted octanol–water partition coefficient (Wildman–Crippen LogP) is 4.51. The molecule has 0 fully saturated rings. The number of nitrogens with zero attached hydrogens (tertiary/aromatic N) is 1. The second-order valence-electron chi connectivity index (χ2n) is 7.08. The fourth-order valence-corrected chi connectivity index (χ4v) is 4.89. The lowest BCUT2D eigenvalue weighted by Gasteiger charge is -2.24. The Kier molecular flexibility index (Phi) is 19.5. The molecule has 0 N–H and O–H groups in total. The number of carbonyl (C=O) groups excluding carboxylic acids is 1. The summed E-state index contributed by atoms with van der Waals surface area (Å²) in [7, 11) is 2.11. The van der Waals surface area contributed by atoms with Gasteiger partial charge in [0.15, 0.2) is 5.12 Å². The maximum Gasteiger partial charge on any atom is 0.484 e. The summed E-state index contributed by atoms with van der Waals surface area (Å²) in [6.45, 7) is 8.39. The van der Waals surface area contributed by atoms with Gasteiger partial charge in [-0.1, -0.05) is 44.4 Å². The first kappa shape index (κ1) is 27.1. The van der Waals surface area contributed by atoms with Gasteiger partial charge in [-0.3, -0.25) is 4.79 Å². The summed E-state index contributed by atoms with van der Waals surface area (Å²) in [4.78, 5) is 14.1. The Bertz CT molecular complexity index is 342. The van der Waals surface area contributed by atoms with E-state index in [2.05, 4.69) is 25.9 Å². The van der Waals surface area contributed by atoms with Crippen molar-refractivity contribution < 1.29 is 18.1 Å². The van der Waals surface area contributed by atoms with Crippen molar-refractivity contribution in [1.82, 2.24) is 4.90 Å². The monoisotopic (exact) mass is 421 g/mol. The van der Waals surface area contributed by atoms with E-state index in [1.807, 2.05) is 13.8 Å². The van der Waals surface area contributed by atoms with Crippen LogP contribution >= 0.6 is 11.8 Å². The third kappa shape index (κ3) is 17.9. The third-order valence-electron chi connectivity index (χ3n) is 4.23. The standard InChI is InChI=1S/C20H43NO4SSi/c1-6-9-10-11-12-15-20(22)26-18-13-14-19(16-17-21(4)5)25-27(23-7-2)24-8-3/h19,27H,6-18H2,1-5H3. The van der Waals surface area contributed by atoms with Crippen LogP contribution in [0.25, 0.3) is 0 Å². The van der Waals surface area contributed by atoms with Gasteiger partial charge < -0.3 is 18.2 Å². The molecule has 0 saturated carbocycles. The van der Waals surface area contributed by atoms with Crippen molar-refractivity contribution in [1.29, 1.82) is 0 Å². The molecular weight excluding hydrogens is 378 g/mol. The molecule has 0 aromatic carbocycles. The van der Waals surface area contributed by atoms with Crippen LogP contribution in [-0.4, -0.2) is 65.3 Å². The molecule has 0 spiro atoms. The van der Waals surface area contributed by atoms with Gasteiger partial charge in [-0.05, 0) is 60.2 Å². The molecule has 1 unspecified atom stereocenters. The summed E-state index contributed by atoms with van der Waals surface area (Å²) < 4.78 is 17.5. The van der Waals surface area contributed by atoms with Crippen LogP contribution in [0.3, 0.4) is 0 Å². The van der Waals surface area contributed by atoms with E-state index in [1.54, 1.807) is 0 Å². The maximum atomic E-state index is 12.0. The van der Waals surface area contributed by atoms with Crippen LogP contribution in [-0.2, 0) is 18.1 Å². The molecule has 0 saturated heterocycles. The minimum absolute atomic E-state index is 0.145. The number of thioether (sulfide) groups is 1. The van der Waals surface area contributed by atoms with Crippen molar-refractivity contribution in [2.45, 2.75) is 84.7 Å². The molecule has 5 nitrogen and oxygen atoms in total. The average Bonchev–Trinajstić information content (AvgIpc) is 2.63. The third-order valence-corrected chi connectivity index (χ3v) is 7.06. The lowest BCUT2D eigenvalue weighted by Crippen LogP contribution is -2.34. The molecular formula is C20H43NO4SSi. The summed E-state index contributed by atoms with van der Waals surface area (Å²) in [5.41, 5.74) is 0. The Morgan fingerprint density at radius 2 is 1.63 bits per heavy atom. The maximum absolute atomic E-state index is 12.0. The normalized spacial score (nSPS) is 12.9. The molecule has 7 heteroatoms. The van der Waals surface area contributed by atoms with Gasteiger partial charge in [0.25, 0.3) is 0 Å². The first-order chi connectivity index (χ1) is 13.0. The van der Waals surface area contributed by atoms with Gasteiger partial charge in [0.1, 0.15) is 0 Å². The highest BCUT2D eigenvalue weighted by molar-refractivity contribution is 8.13. The Hall–Kier alpha value is 0.0769. The molecule has 27 heavy (non-hydrogen) atoms. The molecule has 0 rings (SSSR count). The first-order valence-corrected chi connectivity index (χ1v) is 13.1. The van der Waals surface area contributed by atoms with Crippen LogP contribution in [0.2, 0.25) is 0 Å². The lowest BCUT2D eigenvalue weighted by atomic mass is 10.1. The Balaban J connectivity index is 4.10. The molecule has 0 aliphatic carbocycles. The second-order valence-corrected chi connectivity index (χ2v) is 9.74. The van der Waals surface area contributed by atoms with E-state index in [0.717, 1.165) is 44.4 Å². The van der Waals surface area contributed by atoms with Gasteiger partial charge >= 0.3 is 9.53 Å². The van der Waals surface area contributed by atoms with Gasteiger partial charge in [-0.25, -0.2) is 0 Å². The van der Waals surface area contributed by atoms with Gasteiger partial charge in [-0.15, -0.1) is 0 Å². The van der Waals surface area contributed by atoms with Gasteiger partial charge in [-0.2, -0.15) is 0 Å². The van der Waals surface area contributed by atoms with E-state index in [9.17, 15) is 4.79 Å². The van der Waals surface area contributed by atoms with Crippen LogP contribution in [0.4, 0.5) is 0 Å². The van der Waals surface area contributed by atoms with E-state index < -0.39 is 9.53 Å². The highest BCUT2D eigenvalue weighted by atomic mass is 32.2. The van der Waals surface area contributed by atoms with E-state index in [1.165, 1.54) is 37.4 Å².